The van der Waals surface area contributed by atoms with Crippen molar-refractivity contribution in [2.24, 2.45) is 0 Å². The van der Waals surface area contributed by atoms with E-state index in [0.29, 0.717) is 22.9 Å². The van der Waals surface area contributed by atoms with Gasteiger partial charge in [0.1, 0.15) is 0 Å². The van der Waals surface area contributed by atoms with Crippen LogP contribution in [0, 0.1) is 0 Å². The van der Waals surface area contributed by atoms with Crippen molar-refractivity contribution in [2.45, 2.75) is 6.42 Å². The third-order valence-corrected chi connectivity index (χ3v) is 2.83. The second kappa shape index (κ2) is 7.19. The number of amides is 1. The molecule has 0 aromatic heterocycles. The first-order valence-corrected chi connectivity index (χ1v) is 6.60. The first-order valence-electron chi connectivity index (χ1n) is 6.60. The normalized spacial score (nSPS) is 9.95. The number of hydrogen-bond donors (Lipinski definition) is 2. The van der Waals surface area contributed by atoms with Crippen LogP contribution in [0.15, 0.2) is 48.5 Å². The molecule has 0 bridgehead atoms. The highest BCUT2D eigenvalue weighted by Crippen LogP contribution is 2.25. The number of carbonyl (C=O) groups excluding carboxylic acids is 1. The number of nitrogens with one attached hydrogen (secondary N) is 1. The summed E-state index contributed by atoms with van der Waals surface area (Å²) in [5.41, 5.74) is 6.94. The predicted octanol–water partition coefficient (Wildman–Crippen LogP) is 2.69. The molecule has 0 saturated heterocycles. The molecule has 2 aromatic rings. The zero-order valence-electron chi connectivity index (χ0n) is 11.8. The van der Waals surface area contributed by atoms with Gasteiger partial charge in [-0.25, -0.2) is 0 Å². The predicted molar refractivity (Wildman–Crippen MR) is 82.6 cm³/mol. The van der Waals surface area contributed by atoms with E-state index in [0.717, 1.165) is 0 Å². The fourth-order valence-corrected chi connectivity index (χ4v) is 1.83. The number of nitrogens with two attached hydrogens (primary N) is 1. The number of anilines is 2. The zero-order chi connectivity index (χ0) is 15.1. The van der Waals surface area contributed by atoms with E-state index in [2.05, 4.69) is 5.32 Å². The van der Waals surface area contributed by atoms with Crippen LogP contribution in [0.5, 0.6) is 11.5 Å². The molecule has 0 aliphatic heterocycles. The van der Waals surface area contributed by atoms with Gasteiger partial charge in [0.2, 0.25) is 5.91 Å². The molecule has 0 atom stereocenters. The Morgan fingerprint density at radius 3 is 2.62 bits per heavy atom. The van der Waals surface area contributed by atoms with Crippen LogP contribution in [0.3, 0.4) is 0 Å². The topological polar surface area (TPSA) is 73.6 Å². The maximum Gasteiger partial charge on any atom is 0.227 e. The molecule has 110 valence electrons. The second-order valence-corrected chi connectivity index (χ2v) is 4.42. The fourth-order valence-electron chi connectivity index (χ4n) is 1.83. The Morgan fingerprint density at radius 1 is 1.14 bits per heavy atom. The molecule has 5 heteroatoms. The minimum Gasteiger partial charge on any atom is -0.493 e. The molecule has 0 heterocycles. The van der Waals surface area contributed by atoms with E-state index in [1.54, 1.807) is 37.4 Å². The van der Waals surface area contributed by atoms with Gasteiger partial charge in [-0.15, -0.1) is 0 Å². The maximum atomic E-state index is 11.8. The SMILES string of the molecule is COc1ccccc1OCCC(=O)Nc1cccc(N)c1. The quantitative estimate of drug-likeness (QED) is 0.801. The van der Waals surface area contributed by atoms with Crippen molar-refractivity contribution < 1.29 is 14.3 Å². The molecule has 1 amide bonds. The number of methoxy groups -OCH3 is 1. The largest absolute Gasteiger partial charge is 0.493 e. The van der Waals surface area contributed by atoms with Crippen LogP contribution in [0.1, 0.15) is 6.42 Å². The van der Waals surface area contributed by atoms with Crippen molar-refractivity contribution in [1.82, 2.24) is 0 Å². The summed E-state index contributed by atoms with van der Waals surface area (Å²) >= 11 is 0. The minimum atomic E-state index is -0.129. The summed E-state index contributed by atoms with van der Waals surface area (Å²) < 4.78 is 10.7. The summed E-state index contributed by atoms with van der Waals surface area (Å²) in [6, 6.07) is 14.4. The molecule has 5 nitrogen and oxygen atoms in total. The lowest BCUT2D eigenvalue weighted by Crippen LogP contribution is -2.15. The zero-order valence-corrected chi connectivity index (χ0v) is 11.8. The number of ether oxygens (including phenoxy) is 2. The second-order valence-electron chi connectivity index (χ2n) is 4.42. The molecular formula is C16H18N2O3. The van der Waals surface area contributed by atoms with Gasteiger partial charge in [-0.3, -0.25) is 4.79 Å². The molecular weight excluding hydrogens is 268 g/mol. The van der Waals surface area contributed by atoms with Crippen molar-refractivity contribution in [1.29, 1.82) is 0 Å². The molecule has 0 saturated carbocycles. The standard InChI is InChI=1S/C16H18N2O3/c1-20-14-7-2-3-8-15(14)21-10-9-16(19)18-13-6-4-5-12(17)11-13/h2-8,11H,9-10,17H2,1H3,(H,18,19). The van der Waals surface area contributed by atoms with Crippen LogP contribution in [0.25, 0.3) is 0 Å². The molecule has 0 aliphatic rings. The monoisotopic (exact) mass is 286 g/mol. The average Bonchev–Trinajstić information content (AvgIpc) is 2.47. The first-order chi connectivity index (χ1) is 10.2. The lowest BCUT2D eigenvalue weighted by Gasteiger charge is -2.10. The highest BCUT2D eigenvalue weighted by atomic mass is 16.5. The molecule has 0 spiro atoms. The highest BCUT2D eigenvalue weighted by molar-refractivity contribution is 5.91. The van der Waals surface area contributed by atoms with Gasteiger partial charge in [0.05, 0.1) is 20.1 Å². The highest BCUT2D eigenvalue weighted by Gasteiger charge is 2.06. The van der Waals surface area contributed by atoms with Gasteiger partial charge in [0.15, 0.2) is 11.5 Å². The third-order valence-electron chi connectivity index (χ3n) is 2.83. The average molecular weight is 286 g/mol. The van der Waals surface area contributed by atoms with Crippen molar-refractivity contribution >= 4 is 17.3 Å². The number of nitrogen functional groups attached to an aromatic ring is 1. The molecule has 0 unspecified atom stereocenters. The van der Waals surface area contributed by atoms with E-state index in [1.165, 1.54) is 0 Å². The van der Waals surface area contributed by atoms with Gasteiger partial charge in [-0.1, -0.05) is 18.2 Å². The van der Waals surface area contributed by atoms with E-state index in [-0.39, 0.29) is 18.9 Å². The summed E-state index contributed by atoms with van der Waals surface area (Å²) in [7, 11) is 1.58. The molecule has 2 rings (SSSR count). The number of carbonyl (C=O) groups is 1. The molecule has 21 heavy (non-hydrogen) atoms. The van der Waals surface area contributed by atoms with Gasteiger partial charge in [0, 0.05) is 11.4 Å². The van der Waals surface area contributed by atoms with Crippen LogP contribution < -0.4 is 20.5 Å². The molecule has 0 fully saturated rings. The van der Waals surface area contributed by atoms with Crippen LogP contribution >= 0.6 is 0 Å². The molecule has 3 N–H and O–H groups in total. The first kappa shape index (κ1) is 14.7. The number of rotatable bonds is 6. The van der Waals surface area contributed by atoms with E-state index >= 15 is 0 Å². The molecule has 2 aromatic carbocycles. The fraction of sp³-hybridized carbons (Fsp3) is 0.188. The Balaban J connectivity index is 1.82. The van der Waals surface area contributed by atoms with Crippen molar-refractivity contribution in [3.05, 3.63) is 48.5 Å². The minimum absolute atomic E-state index is 0.129. The Labute approximate surface area is 123 Å². The van der Waals surface area contributed by atoms with Crippen LogP contribution in [0.2, 0.25) is 0 Å². The van der Waals surface area contributed by atoms with Crippen molar-refractivity contribution in [3.8, 4) is 11.5 Å². The molecule has 0 aliphatic carbocycles. The maximum absolute atomic E-state index is 11.8. The lowest BCUT2D eigenvalue weighted by molar-refractivity contribution is -0.116. The summed E-state index contributed by atoms with van der Waals surface area (Å²) in [6.45, 7) is 0.272. The van der Waals surface area contributed by atoms with Gasteiger partial charge >= 0.3 is 0 Å². The summed E-state index contributed by atoms with van der Waals surface area (Å²) in [5, 5.41) is 2.77. The van der Waals surface area contributed by atoms with Crippen LogP contribution in [-0.2, 0) is 4.79 Å². The van der Waals surface area contributed by atoms with Gasteiger partial charge in [0.25, 0.3) is 0 Å². The van der Waals surface area contributed by atoms with E-state index < -0.39 is 0 Å². The van der Waals surface area contributed by atoms with Gasteiger partial charge in [-0.2, -0.15) is 0 Å². The number of benzene rings is 2. The summed E-state index contributed by atoms with van der Waals surface area (Å²) in [6.07, 6.45) is 0.243. The van der Waals surface area contributed by atoms with Crippen LogP contribution in [0.4, 0.5) is 11.4 Å². The Morgan fingerprint density at radius 2 is 1.90 bits per heavy atom. The smallest absolute Gasteiger partial charge is 0.227 e. The summed E-state index contributed by atoms with van der Waals surface area (Å²) in [5.74, 6) is 1.14. The van der Waals surface area contributed by atoms with Crippen molar-refractivity contribution in [3.63, 3.8) is 0 Å². The Bertz CT molecular complexity index is 614. The van der Waals surface area contributed by atoms with Crippen LogP contribution in [-0.4, -0.2) is 19.6 Å². The number of para-hydroxylation sites is 2. The van der Waals surface area contributed by atoms with E-state index in [1.807, 2.05) is 18.2 Å². The molecule has 0 radical (unpaired) electrons. The van der Waals surface area contributed by atoms with E-state index in [4.69, 9.17) is 15.2 Å². The van der Waals surface area contributed by atoms with Crippen molar-refractivity contribution in [2.75, 3.05) is 24.8 Å². The lowest BCUT2D eigenvalue weighted by atomic mass is 10.2. The van der Waals surface area contributed by atoms with Gasteiger partial charge < -0.3 is 20.5 Å². The third kappa shape index (κ3) is 4.42. The number of hydrogen-bond acceptors (Lipinski definition) is 4. The Kier molecular flexibility index (Phi) is 5.04. The van der Waals surface area contributed by atoms with E-state index in [9.17, 15) is 4.79 Å². The Hall–Kier alpha value is -2.69. The summed E-state index contributed by atoms with van der Waals surface area (Å²) in [4.78, 5) is 11.8. The van der Waals surface area contributed by atoms with Gasteiger partial charge in [-0.05, 0) is 30.3 Å².